The van der Waals surface area contributed by atoms with Crippen LogP contribution in [0.1, 0.15) is 50.4 Å². The van der Waals surface area contributed by atoms with E-state index in [2.05, 4.69) is 16.0 Å². The Morgan fingerprint density at radius 3 is 2.37 bits per heavy atom. The number of carbonyl (C=O) groups excluding carboxylic acids is 4. The number of benzene rings is 1. The highest BCUT2D eigenvalue weighted by atomic mass is 16.5. The Kier molecular flexibility index (Phi) is 13.0. The highest BCUT2D eigenvalue weighted by Gasteiger charge is 2.26. The minimum Gasteiger partial charge on any atom is -0.480 e. The van der Waals surface area contributed by atoms with Crippen molar-refractivity contribution in [2.45, 2.75) is 58.7 Å². The van der Waals surface area contributed by atoms with E-state index >= 15 is 0 Å². The maximum Gasteiger partial charge on any atom is 0.330 e. The number of esters is 1. The fourth-order valence-electron chi connectivity index (χ4n) is 3.77. The van der Waals surface area contributed by atoms with Gasteiger partial charge in [0.2, 0.25) is 11.8 Å². The molecule has 1 aromatic carbocycles. The number of hydrogen-bond donors (Lipinski definition) is 4. The molecule has 3 amide bonds. The summed E-state index contributed by atoms with van der Waals surface area (Å²) in [4.78, 5) is 74.6. The molecule has 0 fully saturated rings. The first-order valence-electron chi connectivity index (χ1n) is 13.3. The third-order valence-electron chi connectivity index (χ3n) is 6.21. The molecule has 3 unspecified atom stereocenters. The van der Waals surface area contributed by atoms with E-state index in [9.17, 15) is 33.9 Å². The molecule has 12 nitrogen and oxygen atoms in total. The van der Waals surface area contributed by atoms with Gasteiger partial charge < -0.3 is 30.4 Å². The second-order valence-electron chi connectivity index (χ2n) is 9.24. The average molecular weight is 569 g/mol. The number of allylic oxidation sites excluding steroid dienone is 1. The number of carboxylic acids is 1. The summed E-state index contributed by atoms with van der Waals surface area (Å²) in [6.45, 7) is 4.93. The van der Waals surface area contributed by atoms with Crippen LogP contribution in [0.25, 0.3) is 0 Å². The molecule has 3 atom stereocenters. The molecule has 0 aliphatic heterocycles. The van der Waals surface area contributed by atoms with E-state index in [1.807, 2.05) is 0 Å². The Hall–Kier alpha value is -4.74. The van der Waals surface area contributed by atoms with Gasteiger partial charge in [0.1, 0.15) is 24.3 Å². The Morgan fingerprint density at radius 2 is 1.73 bits per heavy atom. The number of pyridine rings is 1. The first kappa shape index (κ1) is 32.5. The zero-order valence-electron chi connectivity index (χ0n) is 23.3. The van der Waals surface area contributed by atoms with E-state index in [-0.39, 0.29) is 31.1 Å². The monoisotopic (exact) mass is 568 g/mol. The van der Waals surface area contributed by atoms with Crippen molar-refractivity contribution in [2.75, 3.05) is 11.9 Å². The van der Waals surface area contributed by atoms with Gasteiger partial charge in [-0.2, -0.15) is 0 Å². The van der Waals surface area contributed by atoms with Crippen LogP contribution in [-0.2, 0) is 30.5 Å². The normalized spacial score (nSPS) is 13.0. The molecule has 0 bridgehead atoms. The number of ether oxygens (including phenoxy) is 1. The molecule has 0 aliphatic rings. The summed E-state index contributed by atoms with van der Waals surface area (Å²) in [7, 11) is 0. The predicted molar refractivity (Wildman–Crippen MR) is 151 cm³/mol. The Labute approximate surface area is 237 Å². The minimum atomic E-state index is -1.18. The van der Waals surface area contributed by atoms with Crippen LogP contribution in [0.2, 0.25) is 0 Å². The molecule has 0 saturated carbocycles. The lowest BCUT2D eigenvalue weighted by molar-refractivity contribution is -0.143. The summed E-state index contributed by atoms with van der Waals surface area (Å²) in [6, 6.07) is 8.89. The quantitative estimate of drug-likeness (QED) is 0.187. The largest absolute Gasteiger partial charge is 0.480 e. The second kappa shape index (κ2) is 16.4. The fraction of sp³-hybridized carbons (Fsp3) is 0.379. The van der Waals surface area contributed by atoms with E-state index < -0.39 is 53.8 Å². The van der Waals surface area contributed by atoms with Crippen LogP contribution in [0.5, 0.6) is 0 Å². The third kappa shape index (κ3) is 10.4. The number of anilines is 1. The summed E-state index contributed by atoms with van der Waals surface area (Å²) in [6.07, 6.45) is 4.96. The number of aliphatic carboxylic acids is 1. The van der Waals surface area contributed by atoms with Gasteiger partial charge in [0, 0.05) is 17.8 Å². The van der Waals surface area contributed by atoms with Gasteiger partial charge in [0.05, 0.1) is 6.61 Å². The highest BCUT2D eigenvalue weighted by Crippen LogP contribution is 2.09. The van der Waals surface area contributed by atoms with Crippen molar-refractivity contribution < 1.29 is 33.8 Å². The van der Waals surface area contributed by atoms with Crippen LogP contribution in [0, 0.1) is 5.92 Å². The molecule has 220 valence electrons. The molecule has 12 heteroatoms. The number of aromatic nitrogens is 1. The molecular formula is C29H36N4O8. The second-order valence-corrected chi connectivity index (χ2v) is 9.24. The van der Waals surface area contributed by atoms with Crippen molar-refractivity contribution >= 4 is 35.3 Å². The number of carboxylic acid groups (broad SMARTS) is 1. The number of carbonyl (C=O) groups is 5. The molecule has 1 heterocycles. The minimum absolute atomic E-state index is 0.107. The topological polar surface area (TPSA) is 173 Å². The van der Waals surface area contributed by atoms with Gasteiger partial charge in [-0.25, -0.2) is 9.59 Å². The number of amides is 3. The fourth-order valence-corrected chi connectivity index (χ4v) is 3.77. The number of hydrogen-bond acceptors (Lipinski definition) is 7. The molecule has 2 rings (SSSR count). The molecule has 41 heavy (non-hydrogen) atoms. The van der Waals surface area contributed by atoms with E-state index in [1.165, 1.54) is 30.5 Å². The summed E-state index contributed by atoms with van der Waals surface area (Å²) in [5.41, 5.74) is -0.498. The highest BCUT2D eigenvalue weighted by molar-refractivity contribution is 6.01. The molecule has 0 saturated heterocycles. The van der Waals surface area contributed by atoms with E-state index in [1.54, 1.807) is 51.1 Å². The van der Waals surface area contributed by atoms with Crippen molar-refractivity contribution in [1.82, 2.24) is 15.2 Å². The zero-order valence-corrected chi connectivity index (χ0v) is 23.3. The van der Waals surface area contributed by atoms with Crippen LogP contribution in [-0.4, -0.2) is 58.0 Å². The van der Waals surface area contributed by atoms with Crippen LogP contribution >= 0.6 is 0 Å². The predicted octanol–water partition coefficient (Wildman–Crippen LogP) is 2.10. The van der Waals surface area contributed by atoms with Gasteiger partial charge in [0.25, 0.3) is 11.5 Å². The maximum atomic E-state index is 13.2. The van der Waals surface area contributed by atoms with Crippen LogP contribution in [0.15, 0.2) is 65.6 Å². The van der Waals surface area contributed by atoms with Crippen LogP contribution < -0.4 is 21.5 Å². The van der Waals surface area contributed by atoms with E-state index in [4.69, 9.17) is 4.74 Å². The third-order valence-corrected chi connectivity index (χ3v) is 6.21. The zero-order chi connectivity index (χ0) is 30.4. The maximum absolute atomic E-state index is 13.2. The summed E-state index contributed by atoms with van der Waals surface area (Å²) in [5, 5.41) is 17.0. The number of nitrogens with one attached hydrogen (secondary N) is 3. The van der Waals surface area contributed by atoms with Crippen molar-refractivity contribution in [1.29, 1.82) is 0 Å². The molecule has 4 N–H and O–H groups in total. The molecule has 0 spiro atoms. The van der Waals surface area contributed by atoms with Crippen molar-refractivity contribution in [2.24, 2.45) is 5.92 Å². The molecule has 0 aliphatic carbocycles. The van der Waals surface area contributed by atoms with Gasteiger partial charge in [-0.05, 0) is 49.9 Å². The summed E-state index contributed by atoms with van der Waals surface area (Å²) >= 11 is 0. The van der Waals surface area contributed by atoms with Gasteiger partial charge in [-0.3, -0.25) is 19.2 Å². The standard InChI is InChI=1S/C29H36N4O8/c1-4-19(3)25(29(39)40)32-23(34)18-33-17-11-15-22(28(33)38)31-27(37)21(14-9-10-16-24(35)41-5-2)30-26(36)20-12-7-6-8-13-20/h6-8,10-13,15-17,19,21,25H,4-5,9,14,18H2,1-3H3,(H,30,36)(H,31,37)(H,32,34)(H,39,40). The van der Waals surface area contributed by atoms with Crippen molar-refractivity contribution in [3.8, 4) is 0 Å². The molecular weight excluding hydrogens is 532 g/mol. The lowest BCUT2D eigenvalue weighted by Crippen LogP contribution is -2.47. The Bertz CT molecular complexity index is 1310. The number of rotatable bonds is 15. The number of nitrogens with zero attached hydrogens (tertiary/aromatic N) is 1. The Morgan fingerprint density at radius 1 is 1.02 bits per heavy atom. The Balaban J connectivity index is 2.18. The average Bonchev–Trinajstić information content (AvgIpc) is 2.95. The van der Waals surface area contributed by atoms with Gasteiger partial charge in [0.15, 0.2) is 0 Å². The van der Waals surface area contributed by atoms with Gasteiger partial charge >= 0.3 is 11.9 Å². The lowest BCUT2D eigenvalue weighted by atomic mass is 9.99. The lowest BCUT2D eigenvalue weighted by Gasteiger charge is -2.20. The van der Waals surface area contributed by atoms with Gasteiger partial charge in [-0.1, -0.05) is 44.5 Å². The SMILES string of the molecule is CCOC(=O)C=CCCC(NC(=O)c1ccccc1)C(=O)Nc1cccn(CC(=O)NC(C(=O)O)C(C)CC)c1=O. The van der Waals surface area contributed by atoms with E-state index in [0.29, 0.717) is 12.0 Å². The molecule has 0 radical (unpaired) electrons. The molecule has 1 aromatic heterocycles. The summed E-state index contributed by atoms with van der Waals surface area (Å²) < 4.78 is 5.87. The van der Waals surface area contributed by atoms with Crippen molar-refractivity contribution in [3.63, 3.8) is 0 Å². The smallest absolute Gasteiger partial charge is 0.330 e. The van der Waals surface area contributed by atoms with E-state index in [0.717, 1.165) is 4.57 Å². The first-order valence-corrected chi connectivity index (χ1v) is 13.3. The van der Waals surface area contributed by atoms with Crippen molar-refractivity contribution in [3.05, 3.63) is 76.7 Å². The van der Waals surface area contributed by atoms with Gasteiger partial charge in [-0.15, -0.1) is 0 Å². The molecule has 2 aromatic rings. The summed E-state index contributed by atoms with van der Waals surface area (Å²) in [5.74, 6) is -3.90. The first-order chi connectivity index (χ1) is 19.6. The van der Waals surface area contributed by atoms with Crippen LogP contribution in [0.4, 0.5) is 5.69 Å². The van der Waals surface area contributed by atoms with Crippen LogP contribution in [0.3, 0.4) is 0 Å².